The van der Waals surface area contributed by atoms with Crippen molar-refractivity contribution in [2.75, 3.05) is 5.73 Å². The monoisotopic (exact) mass is 200 g/mol. The highest BCUT2D eigenvalue weighted by Gasteiger charge is 2.11. The Bertz CT molecular complexity index is 441. The molecule has 1 atom stereocenters. The number of pyridine rings is 2. The molecule has 0 saturated heterocycles. The third-order valence-corrected chi connectivity index (χ3v) is 2.29. The molecule has 2 aromatic rings. The van der Waals surface area contributed by atoms with E-state index in [1.807, 2.05) is 12.1 Å². The average molecular weight is 200 g/mol. The van der Waals surface area contributed by atoms with Crippen molar-refractivity contribution in [1.29, 1.82) is 0 Å². The molecule has 0 fully saturated rings. The largest absolute Gasteiger partial charge is 0.398 e. The minimum atomic E-state index is -0.248. The van der Waals surface area contributed by atoms with Crippen LogP contribution in [0.3, 0.4) is 0 Å². The van der Waals surface area contributed by atoms with E-state index in [4.69, 9.17) is 11.5 Å². The number of aromatic nitrogens is 2. The van der Waals surface area contributed by atoms with Crippen molar-refractivity contribution < 1.29 is 0 Å². The molecule has 2 aromatic heterocycles. The third kappa shape index (κ3) is 1.94. The summed E-state index contributed by atoms with van der Waals surface area (Å²) in [6.07, 6.45) is 6.77. The summed E-state index contributed by atoms with van der Waals surface area (Å²) in [5.41, 5.74) is 14.4. The molecule has 76 valence electrons. The maximum Gasteiger partial charge on any atom is 0.0588 e. The number of hydrogen-bond acceptors (Lipinski definition) is 4. The Morgan fingerprint density at radius 3 is 2.33 bits per heavy atom. The number of nitrogens with two attached hydrogens (primary N) is 2. The lowest BCUT2D eigenvalue weighted by molar-refractivity contribution is 0.863. The Labute approximate surface area is 88.0 Å². The minimum Gasteiger partial charge on any atom is -0.398 e. The molecule has 4 N–H and O–H groups in total. The van der Waals surface area contributed by atoms with E-state index in [1.165, 1.54) is 0 Å². The quantitative estimate of drug-likeness (QED) is 0.761. The van der Waals surface area contributed by atoms with E-state index >= 15 is 0 Å². The molecule has 2 rings (SSSR count). The van der Waals surface area contributed by atoms with Crippen molar-refractivity contribution in [3.05, 3.63) is 54.1 Å². The summed E-state index contributed by atoms with van der Waals surface area (Å²) in [5.74, 6) is 0. The molecule has 0 radical (unpaired) electrons. The van der Waals surface area contributed by atoms with Crippen molar-refractivity contribution in [3.63, 3.8) is 0 Å². The Balaban J connectivity index is 2.37. The topological polar surface area (TPSA) is 77.8 Å². The molecular weight excluding hydrogens is 188 g/mol. The fourth-order valence-electron chi connectivity index (χ4n) is 1.43. The highest BCUT2D eigenvalue weighted by Crippen LogP contribution is 2.22. The number of nitrogens with zero attached hydrogens (tertiary/aromatic N) is 2. The maximum atomic E-state index is 6.07. The Hall–Kier alpha value is -1.94. The van der Waals surface area contributed by atoms with Crippen molar-refractivity contribution in [2.45, 2.75) is 6.04 Å². The van der Waals surface area contributed by atoms with E-state index in [9.17, 15) is 0 Å². The Morgan fingerprint density at radius 2 is 1.67 bits per heavy atom. The zero-order valence-corrected chi connectivity index (χ0v) is 8.17. The van der Waals surface area contributed by atoms with Gasteiger partial charge in [0, 0.05) is 36.0 Å². The first kappa shape index (κ1) is 9.61. The van der Waals surface area contributed by atoms with Crippen molar-refractivity contribution in [1.82, 2.24) is 9.97 Å². The molecule has 0 saturated carbocycles. The van der Waals surface area contributed by atoms with Gasteiger partial charge in [-0.3, -0.25) is 9.97 Å². The first-order valence-electron chi connectivity index (χ1n) is 4.64. The van der Waals surface area contributed by atoms with Gasteiger partial charge in [0.2, 0.25) is 0 Å². The molecule has 0 aliphatic rings. The van der Waals surface area contributed by atoms with Gasteiger partial charge in [0.25, 0.3) is 0 Å². The van der Waals surface area contributed by atoms with E-state index in [0.29, 0.717) is 5.69 Å². The Kier molecular flexibility index (Phi) is 2.60. The molecule has 0 aliphatic heterocycles. The summed E-state index contributed by atoms with van der Waals surface area (Å²) in [6.45, 7) is 0. The van der Waals surface area contributed by atoms with Gasteiger partial charge in [-0.15, -0.1) is 0 Å². The summed E-state index contributed by atoms with van der Waals surface area (Å²) < 4.78 is 0. The summed E-state index contributed by atoms with van der Waals surface area (Å²) >= 11 is 0. The average Bonchev–Trinajstić information content (AvgIpc) is 2.30. The molecule has 1 unspecified atom stereocenters. The van der Waals surface area contributed by atoms with Gasteiger partial charge in [0.15, 0.2) is 0 Å². The molecule has 15 heavy (non-hydrogen) atoms. The van der Waals surface area contributed by atoms with Gasteiger partial charge in [-0.2, -0.15) is 0 Å². The van der Waals surface area contributed by atoms with Crippen LogP contribution in [0, 0.1) is 0 Å². The predicted molar refractivity (Wildman–Crippen MR) is 58.9 cm³/mol. The van der Waals surface area contributed by atoms with Crippen LogP contribution in [0.15, 0.2) is 43.0 Å². The molecule has 0 spiro atoms. The van der Waals surface area contributed by atoms with Crippen molar-refractivity contribution >= 4 is 5.69 Å². The zero-order valence-electron chi connectivity index (χ0n) is 8.17. The van der Waals surface area contributed by atoms with Crippen molar-refractivity contribution in [2.24, 2.45) is 5.73 Å². The fraction of sp³-hybridized carbons (Fsp3) is 0.0909. The lowest BCUT2D eigenvalue weighted by atomic mass is 10.0. The smallest absolute Gasteiger partial charge is 0.0588 e. The lowest BCUT2D eigenvalue weighted by Crippen LogP contribution is -2.14. The third-order valence-electron chi connectivity index (χ3n) is 2.29. The summed E-state index contributed by atoms with van der Waals surface area (Å²) in [4.78, 5) is 7.96. The van der Waals surface area contributed by atoms with Crippen LogP contribution < -0.4 is 11.5 Å². The predicted octanol–water partition coefficient (Wildman–Crippen LogP) is 1.11. The van der Waals surface area contributed by atoms with E-state index in [2.05, 4.69) is 9.97 Å². The highest BCUT2D eigenvalue weighted by molar-refractivity contribution is 5.49. The number of anilines is 1. The van der Waals surface area contributed by atoms with Crippen LogP contribution in [0.25, 0.3) is 0 Å². The van der Waals surface area contributed by atoms with E-state index < -0.39 is 0 Å². The van der Waals surface area contributed by atoms with Crippen LogP contribution in [0.5, 0.6) is 0 Å². The van der Waals surface area contributed by atoms with Crippen molar-refractivity contribution in [3.8, 4) is 0 Å². The standard InChI is InChI=1S/C11H12N4/c12-10-3-6-15-7-9(10)11(13)8-1-4-14-5-2-8/h1-7,11H,13H2,(H2,12,15). The minimum absolute atomic E-state index is 0.248. The molecule has 0 bridgehead atoms. The second-order valence-corrected chi connectivity index (χ2v) is 3.26. The van der Waals surface area contributed by atoms with Crippen LogP contribution in [-0.4, -0.2) is 9.97 Å². The van der Waals surface area contributed by atoms with Gasteiger partial charge in [-0.05, 0) is 23.8 Å². The lowest BCUT2D eigenvalue weighted by Gasteiger charge is -2.13. The molecule has 4 heteroatoms. The van der Waals surface area contributed by atoms with E-state index in [1.54, 1.807) is 30.9 Å². The van der Waals surface area contributed by atoms with Crippen LogP contribution in [0.2, 0.25) is 0 Å². The summed E-state index contributed by atoms with van der Waals surface area (Å²) in [7, 11) is 0. The first-order chi connectivity index (χ1) is 7.29. The number of nitrogen functional groups attached to an aromatic ring is 1. The molecule has 0 aromatic carbocycles. The van der Waals surface area contributed by atoms with Crippen LogP contribution in [0.4, 0.5) is 5.69 Å². The number of hydrogen-bond donors (Lipinski definition) is 2. The Morgan fingerprint density at radius 1 is 1.00 bits per heavy atom. The van der Waals surface area contributed by atoms with Gasteiger partial charge >= 0.3 is 0 Å². The molecule has 4 nitrogen and oxygen atoms in total. The maximum absolute atomic E-state index is 6.07. The van der Waals surface area contributed by atoms with Gasteiger partial charge < -0.3 is 11.5 Å². The first-order valence-corrected chi connectivity index (χ1v) is 4.64. The zero-order chi connectivity index (χ0) is 10.7. The second-order valence-electron chi connectivity index (χ2n) is 3.26. The van der Waals surface area contributed by atoms with Crippen LogP contribution in [0.1, 0.15) is 17.2 Å². The van der Waals surface area contributed by atoms with Gasteiger partial charge in [0.1, 0.15) is 0 Å². The van der Waals surface area contributed by atoms with Crippen LogP contribution >= 0.6 is 0 Å². The SMILES string of the molecule is Nc1ccncc1C(N)c1ccncc1. The molecule has 2 heterocycles. The summed E-state index contributed by atoms with van der Waals surface area (Å²) in [6, 6.07) is 5.24. The van der Waals surface area contributed by atoms with Gasteiger partial charge in [-0.1, -0.05) is 0 Å². The summed E-state index contributed by atoms with van der Waals surface area (Å²) in [5, 5.41) is 0. The number of rotatable bonds is 2. The highest BCUT2D eigenvalue weighted by atomic mass is 14.7. The fourth-order valence-corrected chi connectivity index (χ4v) is 1.43. The van der Waals surface area contributed by atoms with Gasteiger partial charge in [0.05, 0.1) is 6.04 Å². The van der Waals surface area contributed by atoms with Gasteiger partial charge in [-0.25, -0.2) is 0 Å². The normalized spacial score (nSPS) is 12.3. The van der Waals surface area contributed by atoms with E-state index in [0.717, 1.165) is 11.1 Å². The molecule has 0 amide bonds. The second kappa shape index (κ2) is 4.06. The van der Waals surface area contributed by atoms with E-state index in [-0.39, 0.29) is 6.04 Å². The molecule has 0 aliphatic carbocycles. The van der Waals surface area contributed by atoms with Crippen LogP contribution in [-0.2, 0) is 0 Å². The molecular formula is C11H12N4.